The highest BCUT2D eigenvalue weighted by Crippen LogP contribution is 2.21. The Hall–Kier alpha value is -1.83. The molecular weight excluding hydrogens is 268 g/mol. The van der Waals surface area contributed by atoms with Gasteiger partial charge in [-0.1, -0.05) is 11.2 Å². The first kappa shape index (κ1) is 13.6. The predicted molar refractivity (Wildman–Crippen MR) is 72.2 cm³/mol. The van der Waals surface area contributed by atoms with E-state index in [1.807, 2.05) is 4.90 Å². The maximum absolute atomic E-state index is 11.5. The molecule has 2 rings (SSSR count). The molecule has 0 aliphatic carbocycles. The fraction of sp³-hybridized carbons (Fsp3) is 0.455. The maximum atomic E-state index is 11.5. The summed E-state index contributed by atoms with van der Waals surface area (Å²) in [7, 11) is -1.14. The fourth-order valence-electron chi connectivity index (χ4n) is 2.08. The van der Waals surface area contributed by atoms with Crippen molar-refractivity contribution in [2.45, 2.75) is 12.5 Å². The van der Waals surface area contributed by atoms with Crippen LogP contribution in [0.15, 0.2) is 23.4 Å². The third-order valence-electron chi connectivity index (χ3n) is 3.22. The lowest BCUT2D eigenvalue weighted by molar-refractivity contribution is 0.318. The molecule has 7 nitrogen and oxygen atoms in total. The molecule has 0 radical (unpaired) electrons. The van der Waals surface area contributed by atoms with Gasteiger partial charge >= 0.3 is 0 Å². The number of hydrogen-bond donors (Lipinski definition) is 2. The topological polar surface area (TPSA) is 109 Å². The van der Waals surface area contributed by atoms with Crippen LogP contribution in [0.5, 0.6) is 0 Å². The number of amidine groups is 1. The molecule has 0 amide bonds. The van der Waals surface area contributed by atoms with Crippen LogP contribution in [0, 0.1) is 0 Å². The van der Waals surface area contributed by atoms with Gasteiger partial charge in [-0.2, -0.15) is 0 Å². The number of nitrogens with two attached hydrogens (primary N) is 1. The van der Waals surface area contributed by atoms with Crippen molar-refractivity contribution in [2.24, 2.45) is 10.9 Å². The minimum Gasteiger partial charge on any atom is -0.409 e. The molecule has 0 saturated carbocycles. The van der Waals surface area contributed by atoms with Crippen molar-refractivity contribution in [1.82, 2.24) is 4.98 Å². The summed E-state index contributed by atoms with van der Waals surface area (Å²) in [4.78, 5) is 6.07. The molecular formula is C11H16N4O3S. The number of oxime groups is 1. The lowest BCUT2D eigenvalue weighted by Gasteiger charge is -2.24. The highest BCUT2D eigenvalue weighted by Gasteiger charge is 2.31. The Bertz CT molecular complexity index is 600. The summed E-state index contributed by atoms with van der Waals surface area (Å²) in [6.45, 7) is 0. The quantitative estimate of drug-likeness (QED) is 0.344. The van der Waals surface area contributed by atoms with Gasteiger partial charge in [-0.25, -0.2) is 13.4 Å². The first-order valence-corrected chi connectivity index (χ1v) is 7.63. The van der Waals surface area contributed by atoms with E-state index in [0.29, 0.717) is 17.9 Å². The second-order valence-electron chi connectivity index (χ2n) is 4.53. The molecule has 1 aliphatic heterocycles. The molecule has 1 aromatic rings. The van der Waals surface area contributed by atoms with E-state index in [1.165, 1.54) is 0 Å². The van der Waals surface area contributed by atoms with Gasteiger partial charge in [0.25, 0.3) is 0 Å². The maximum Gasteiger partial charge on any atom is 0.188 e. The number of rotatable bonds is 3. The number of nitrogens with zero attached hydrogens (tertiary/aromatic N) is 3. The minimum atomic E-state index is -2.94. The van der Waals surface area contributed by atoms with Crippen molar-refractivity contribution in [3.63, 3.8) is 0 Å². The first-order valence-electron chi connectivity index (χ1n) is 5.81. The second-order valence-corrected chi connectivity index (χ2v) is 6.76. The third kappa shape index (κ3) is 2.95. The highest BCUT2D eigenvalue weighted by atomic mass is 32.2. The van der Waals surface area contributed by atoms with Crippen LogP contribution in [0.2, 0.25) is 0 Å². The largest absolute Gasteiger partial charge is 0.409 e. The summed E-state index contributed by atoms with van der Waals surface area (Å²) in [5.41, 5.74) is 5.84. The number of aromatic nitrogens is 1. The van der Waals surface area contributed by atoms with E-state index >= 15 is 0 Å². The first-order chi connectivity index (χ1) is 8.93. The summed E-state index contributed by atoms with van der Waals surface area (Å²) in [6, 6.07) is 5.03. The van der Waals surface area contributed by atoms with E-state index in [1.54, 1.807) is 25.2 Å². The predicted octanol–water partition coefficient (Wildman–Crippen LogP) is -0.201. The van der Waals surface area contributed by atoms with E-state index in [-0.39, 0.29) is 23.4 Å². The monoisotopic (exact) mass is 284 g/mol. The second kappa shape index (κ2) is 5.04. The van der Waals surface area contributed by atoms with Crippen LogP contribution in [0.25, 0.3) is 0 Å². The zero-order chi connectivity index (χ0) is 14.0. The average Bonchev–Trinajstić information content (AvgIpc) is 2.77. The molecule has 1 aromatic heterocycles. The van der Waals surface area contributed by atoms with E-state index in [9.17, 15) is 8.42 Å². The van der Waals surface area contributed by atoms with Gasteiger partial charge in [0.1, 0.15) is 11.5 Å². The normalized spacial score (nSPS) is 22.4. The number of sulfone groups is 1. The summed E-state index contributed by atoms with van der Waals surface area (Å²) in [6.07, 6.45) is 0.592. The van der Waals surface area contributed by atoms with E-state index in [2.05, 4.69) is 10.1 Å². The van der Waals surface area contributed by atoms with Crippen LogP contribution in [-0.2, 0) is 9.84 Å². The zero-order valence-corrected chi connectivity index (χ0v) is 11.3. The summed E-state index contributed by atoms with van der Waals surface area (Å²) in [5.74, 6) is 0.876. The summed E-state index contributed by atoms with van der Waals surface area (Å²) >= 11 is 0. The van der Waals surface area contributed by atoms with Crippen molar-refractivity contribution in [3.8, 4) is 0 Å². The zero-order valence-electron chi connectivity index (χ0n) is 10.5. The van der Waals surface area contributed by atoms with E-state index in [0.717, 1.165) is 0 Å². The van der Waals surface area contributed by atoms with Crippen molar-refractivity contribution in [3.05, 3.63) is 23.9 Å². The summed E-state index contributed by atoms with van der Waals surface area (Å²) in [5, 5.41) is 11.5. The van der Waals surface area contributed by atoms with Crippen LogP contribution >= 0.6 is 0 Å². The van der Waals surface area contributed by atoms with Gasteiger partial charge in [-0.3, -0.25) is 0 Å². The highest BCUT2D eigenvalue weighted by molar-refractivity contribution is 7.91. The van der Waals surface area contributed by atoms with Crippen molar-refractivity contribution in [1.29, 1.82) is 0 Å². The minimum absolute atomic E-state index is 0.0747. The van der Waals surface area contributed by atoms with E-state index < -0.39 is 9.84 Å². The molecule has 1 atom stereocenters. The molecule has 2 heterocycles. The molecule has 104 valence electrons. The molecule has 0 spiro atoms. The van der Waals surface area contributed by atoms with Crippen molar-refractivity contribution < 1.29 is 13.6 Å². The lowest BCUT2D eigenvalue weighted by atomic mass is 10.2. The smallest absolute Gasteiger partial charge is 0.188 e. The number of anilines is 1. The Kier molecular flexibility index (Phi) is 3.61. The molecule has 1 fully saturated rings. The Morgan fingerprint density at radius 3 is 2.89 bits per heavy atom. The summed E-state index contributed by atoms with van der Waals surface area (Å²) < 4.78 is 23.0. The molecule has 19 heavy (non-hydrogen) atoms. The Balaban J connectivity index is 2.23. The van der Waals surface area contributed by atoms with Crippen LogP contribution in [-0.4, -0.2) is 49.0 Å². The molecule has 3 N–H and O–H groups in total. The molecule has 1 unspecified atom stereocenters. The Labute approximate surface area is 111 Å². The Morgan fingerprint density at radius 1 is 1.58 bits per heavy atom. The van der Waals surface area contributed by atoms with E-state index in [4.69, 9.17) is 10.9 Å². The molecule has 8 heteroatoms. The average molecular weight is 284 g/mol. The molecule has 1 aliphatic rings. The molecule has 1 saturated heterocycles. The van der Waals surface area contributed by atoms with Gasteiger partial charge < -0.3 is 15.8 Å². The van der Waals surface area contributed by atoms with Gasteiger partial charge in [0, 0.05) is 13.1 Å². The lowest BCUT2D eigenvalue weighted by Crippen LogP contribution is -2.33. The van der Waals surface area contributed by atoms with Crippen LogP contribution in [0.3, 0.4) is 0 Å². The number of pyridine rings is 1. The SMILES string of the molecule is CN(c1cccc(C(N)=NO)n1)C1CCS(=O)(=O)C1. The van der Waals surface area contributed by atoms with Crippen LogP contribution < -0.4 is 10.6 Å². The van der Waals surface area contributed by atoms with Gasteiger partial charge in [0.15, 0.2) is 15.7 Å². The molecule has 0 aromatic carbocycles. The van der Waals surface area contributed by atoms with Gasteiger partial charge in [-0.15, -0.1) is 0 Å². The van der Waals surface area contributed by atoms with Crippen molar-refractivity contribution >= 4 is 21.5 Å². The van der Waals surface area contributed by atoms with Gasteiger partial charge in [0.05, 0.1) is 11.5 Å². The van der Waals surface area contributed by atoms with Gasteiger partial charge in [0.2, 0.25) is 0 Å². The molecule has 0 bridgehead atoms. The van der Waals surface area contributed by atoms with Crippen LogP contribution in [0.4, 0.5) is 5.82 Å². The van der Waals surface area contributed by atoms with Crippen molar-refractivity contribution in [2.75, 3.05) is 23.5 Å². The number of hydrogen-bond acceptors (Lipinski definition) is 6. The third-order valence-corrected chi connectivity index (χ3v) is 4.97. The standard InChI is InChI=1S/C11H16N4O3S/c1-15(8-5-6-19(17,18)7-8)10-4-2-3-9(13-10)11(12)14-16/h2-4,8,16H,5-7H2,1H3,(H2,12,14). The van der Waals surface area contributed by atoms with Crippen LogP contribution in [0.1, 0.15) is 12.1 Å². The van der Waals surface area contributed by atoms with Gasteiger partial charge in [-0.05, 0) is 18.6 Å². The fourth-order valence-corrected chi connectivity index (χ4v) is 3.86. The Morgan fingerprint density at radius 2 is 2.32 bits per heavy atom.